The van der Waals surface area contributed by atoms with Crippen LogP contribution in [-0.2, 0) is 4.84 Å². The molecule has 1 rings (SSSR count). The van der Waals surface area contributed by atoms with E-state index in [-0.39, 0.29) is 0 Å². The van der Waals surface area contributed by atoms with Gasteiger partial charge in [0.1, 0.15) is 0 Å². The Morgan fingerprint density at radius 2 is 2.44 bits per heavy atom. The van der Waals surface area contributed by atoms with Gasteiger partial charge in [0.05, 0.1) is 13.2 Å². The highest BCUT2D eigenvalue weighted by Crippen LogP contribution is 1.96. The van der Waals surface area contributed by atoms with Crippen LogP contribution in [0.15, 0.2) is 12.2 Å². The Bertz CT molecular complexity index is 144. The zero-order chi connectivity index (χ0) is 6.69. The molecule has 0 atom stereocenters. The molecule has 0 spiro atoms. The van der Waals surface area contributed by atoms with Crippen LogP contribution in [0.2, 0.25) is 0 Å². The van der Waals surface area contributed by atoms with Crippen molar-refractivity contribution in [2.75, 3.05) is 13.2 Å². The van der Waals surface area contributed by atoms with Crippen LogP contribution in [-0.4, -0.2) is 24.2 Å². The van der Waals surface area contributed by atoms with Gasteiger partial charge in [0.25, 0.3) is 0 Å². The van der Waals surface area contributed by atoms with Crippen molar-refractivity contribution in [1.29, 1.82) is 0 Å². The summed E-state index contributed by atoms with van der Waals surface area (Å²) in [5.41, 5.74) is 4.90. The summed E-state index contributed by atoms with van der Waals surface area (Å²) >= 11 is 0. The Kier molecular flexibility index (Phi) is 1.69. The number of nitrogens with two attached hydrogens (primary N) is 1. The molecule has 50 valence electrons. The fourth-order valence-corrected chi connectivity index (χ4v) is 0.578. The summed E-state index contributed by atoms with van der Waals surface area (Å²) in [5, 5.41) is 1.11. The monoisotopic (exact) mass is 128 g/mol. The standard InChI is InChI=1S/C5H8N2O2/c6-5(8)7-3-1-2-4-9-7/h1-2H,3-4H2,(H2,6,8). The Morgan fingerprint density at radius 1 is 1.67 bits per heavy atom. The molecule has 0 saturated heterocycles. The van der Waals surface area contributed by atoms with Crippen molar-refractivity contribution in [3.05, 3.63) is 12.2 Å². The highest BCUT2D eigenvalue weighted by molar-refractivity contribution is 5.71. The molecule has 2 N–H and O–H groups in total. The number of primary amides is 1. The summed E-state index contributed by atoms with van der Waals surface area (Å²) in [5.74, 6) is 0. The van der Waals surface area contributed by atoms with Crippen molar-refractivity contribution in [2.24, 2.45) is 5.73 Å². The third kappa shape index (κ3) is 1.43. The number of carbonyl (C=O) groups is 1. The van der Waals surface area contributed by atoms with Crippen LogP contribution in [0.5, 0.6) is 0 Å². The minimum Gasteiger partial charge on any atom is -0.350 e. The molecule has 0 aromatic carbocycles. The molecule has 9 heavy (non-hydrogen) atoms. The van der Waals surface area contributed by atoms with Crippen LogP contribution >= 0.6 is 0 Å². The zero-order valence-electron chi connectivity index (χ0n) is 4.91. The maximum absolute atomic E-state index is 10.3. The van der Waals surface area contributed by atoms with E-state index in [9.17, 15) is 4.79 Å². The maximum atomic E-state index is 10.3. The van der Waals surface area contributed by atoms with Gasteiger partial charge in [-0.2, -0.15) is 5.06 Å². The smallest absolute Gasteiger partial charge is 0.339 e. The minimum atomic E-state index is -0.542. The minimum absolute atomic E-state index is 0.433. The number of rotatable bonds is 0. The molecule has 0 fully saturated rings. The summed E-state index contributed by atoms with van der Waals surface area (Å²) < 4.78 is 0. The first-order valence-electron chi connectivity index (χ1n) is 2.65. The highest BCUT2D eigenvalue weighted by Gasteiger charge is 2.09. The van der Waals surface area contributed by atoms with Gasteiger partial charge in [-0.3, -0.25) is 4.84 Å². The molecule has 0 saturated carbocycles. The van der Waals surface area contributed by atoms with Gasteiger partial charge in [-0.05, 0) is 0 Å². The predicted octanol–water partition coefficient (Wildman–Crippen LogP) is -0.131. The molecule has 1 aliphatic heterocycles. The van der Waals surface area contributed by atoms with Crippen molar-refractivity contribution in [2.45, 2.75) is 0 Å². The van der Waals surface area contributed by atoms with E-state index in [1.165, 1.54) is 0 Å². The average molecular weight is 128 g/mol. The molecule has 4 nitrogen and oxygen atoms in total. The van der Waals surface area contributed by atoms with E-state index in [1.807, 2.05) is 12.2 Å². The van der Waals surface area contributed by atoms with E-state index < -0.39 is 6.03 Å². The Hall–Kier alpha value is -1.03. The lowest BCUT2D eigenvalue weighted by molar-refractivity contribution is -0.100. The third-order valence-corrected chi connectivity index (χ3v) is 1.01. The third-order valence-electron chi connectivity index (χ3n) is 1.01. The first kappa shape index (κ1) is 6.10. The van der Waals surface area contributed by atoms with Gasteiger partial charge in [0.15, 0.2) is 0 Å². The summed E-state index contributed by atoms with van der Waals surface area (Å²) in [4.78, 5) is 15.2. The molecule has 4 heteroatoms. The van der Waals surface area contributed by atoms with E-state index >= 15 is 0 Å². The lowest BCUT2D eigenvalue weighted by Gasteiger charge is -2.19. The quantitative estimate of drug-likeness (QED) is 0.462. The average Bonchev–Trinajstić information content (AvgIpc) is 1.90. The molecule has 0 unspecified atom stereocenters. The first-order valence-corrected chi connectivity index (χ1v) is 2.65. The van der Waals surface area contributed by atoms with Crippen molar-refractivity contribution in [1.82, 2.24) is 5.06 Å². The van der Waals surface area contributed by atoms with Crippen LogP contribution < -0.4 is 5.73 Å². The second-order valence-electron chi connectivity index (χ2n) is 1.67. The van der Waals surface area contributed by atoms with E-state index in [0.717, 1.165) is 5.06 Å². The van der Waals surface area contributed by atoms with Crippen molar-refractivity contribution < 1.29 is 9.63 Å². The van der Waals surface area contributed by atoms with E-state index in [1.54, 1.807) is 0 Å². The fourth-order valence-electron chi connectivity index (χ4n) is 0.578. The molecular formula is C5H8N2O2. The van der Waals surface area contributed by atoms with Gasteiger partial charge in [-0.25, -0.2) is 4.79 Å². The second kappa shape index (κ2) is 2.50. The van der Waals surface area contributed by atoms with Crippen LogP contribution in [0.1, 0.15) is 0 Å². The van der Waals surface area contributed by atoms with Crippen LogP contribution in [0.3, 0.4) is 0 Å². The number of urea groups is 1. The predicted molar refractivity (Wildman–Crippen MR) is 31.4 cm³/mol. The van der Waals surface area contributed by atoms with Gasteiger partial charge < -0.3 is 5.73 Å². The Morgan fingerprint density at radius 3 is 2.78 bits per heavy atom. The van der Waals surface area contributed by atoms with Gasteiger partial charge in [0.2, 0.25) is 0 Å². The van der Waals surface area contributed by atoms with E-state index in [4.69, 9.17) is 10.6 Å². The summed E-state index contributed by atoms with van der Waals surface area (Å²) in [6.45, 7) is 0.887. The van der Waals surface area contributed by atoms with Crippen LogP contribution in [0, 0.1) is 0 Å². The summed E-state index contributed by atoms with van der Waals surface area (Å²) in [6.07, 6.45) is 3.66. The fraction of sp³-hybridized carbons (Fsp3) is 0.400. The summed E-state index contributed by atoms with van der Waals surface area (Å²) in [6, 6.07) is -0.542. The van der Waals surface area contributed by atoms with E-state index in [2.05, 4.69) is 0 Å². The van der Waals surface area contributed by atoms with Crippen molar-refractivity contribution >= 4 is 6.03 Å². The maximum Gasteiger partial charge on any atom is 0.339 e. The molecule has 1 heterocycles. The molecule has 0 aromatic heterocycles. The molecular weight excluding hydrogens is 120 g/mol. The first-order chi connectivity index (χ1) is 4.30. The van der Waals surface area contributed by atoms with E-state index in [0.29, 0.717) is 13.2 Å². The SMILES string of the molecule is NC(=O)N1CC=CCO1. The Balaban J connectivity index is 2.44. The van der Waals surface area contributed by atoms with Gasteiger partial charge >= 0.3 is 6.03 Å². The zero-order valence-corrected chi connectivity index (χ0v) is 4.91. The lowest BCUT2D eigenvalue weighted by Crippen LogP contribution is -2.37. The number of nitrogens with zero attached hydrogens (tertiary/aromatic N) is 1. The second-order valence-corrected chi connectivity index (χ2v) is 1.67. The number of hydrogen-bond acceptors (Lipinski definition) is 2. The lowest BCUT2D eigenvalue weighted by atomic mass is 10.5. The summed E-state index contributed by atoms with van der Waals surface area (Å²) in [7, 11) is 0. The van der Waals surface area contributed by atoms with Crippen molar-refractivity contribution in [3.8, 4) is 0 Å². The molecule has 2 amide bonds. The molecule has 0 radical (unpaired) electrons. The topological polar surface area (TPSA) is 55.6 Å². The van der Waals surface area contributed by atoms with Crippen LogP contribution in [0.4, 0.5) is 4.79 Å². The van der Waals surface area contributed by atoms with Gasteiger partial charge in [-0.1, -0.05) is 12.2 Å². The largest absolute Gasteiger partial charge is 0.350 e. The molecule has 0 aliphatic carbocycles. The molecule has 0 aromatic rings. The van der Waals surface area contributed by atoms with Gasteiger partial charge in [0, 0.05) is 0 Å². The van der Waals surface area contributed by atoms with Gasteiger partial charge in [-0.15, -0.1) is 0 Å². The number of hydroxylamine groups is 2. The number of hydrogen-bond donors (Lipinski definition) is 1. The normalized spacial score (nSPS) is 18.0. The Labute approximate surface area is 52.8 Å². The number of amides is 2. The van der Waals surface area contributed by atoms with Crippen LogP contribution in [0.25, 0.3) is 0 Å². The number of carbonyl (C=O) groups excluding carboxylic acids is 1. The molecule has 0 bridgehead atoms. The van der Waals surface area contributed by atoms with Crippen molar-refractivity contribution in [3.63, 3.8) is 0 Å². The molecule has 1 aliphatic rings. The highest BCUT2D eigenvalue weighted by atomic mass is 16.7.